The molecule has 0 bridgehead atoms. The van der Waals surface area contributed by atoms with E-state index in [0.717, 1.165) is 22.2 Å². The van der Waals surface area contributed by atoms with Gasteiger partial charge in [0, 0.05) is 11.5 Å². The Morgan fingerprint density at radius 3 is 2.14 bits per heavy atom. The molecule has 0 amide bonds. The Morgan fingerprint density at radius 2 is 1.45 bits per heavy atom. The maximum Gasteiger partial charge on any atom is 0.169 e. The molecule has 0 spiro atoms. The molecule has 6 heteroatoms. The van der Waals surface area contributed by atoms with E-state index in [4.69, 9.17) is 14.3 Å². The third-order valence-corrected chi connectivity index (χ3v) is 4.51. The van der Waals surface area contributed by atoms with Crippen LogP contribution in [-0.2, 0) is 11.4 Å². The van der Waals surface area contributed by atoms with Crippen LogP contribution in [0.15, 0.2) is 79.1 Å². The molecular formula is C23H21N3O3. The van der Waals surface area contributed by atoms with Gasteiger partial charge in [0.25, 0.3) is 0 Å². The van der Waals surface area contributed by atoms with Gasteiger partial charge in [-0.2, -0.15) is 0 Å². The van der Waals surface area contributed by atoms with E-state index in [1.54, 1.807) is 19.3 Å². The van der Waals surface area contributed by atoms with Gasteiger partial charge in [-0.15, -0.1) is 0 Å². The highest BCUT2D eigenvalue weighted by molar-refractivity contribution is 5.93. The van der Waals surface area contributed by atoms with Crippen molar-refractivity contribution in [1.29, 1.82) is 0 Å². The third-order valence-electron chi connectivity index (χ3n) is 4.51. The predicted molar refractivity (Wildman–Crippen MR) is 112 cm³/mol. The first kappa shape index (κ1) is 18.7. The van der Waals surface area contributed by atoms with Gasteiger partial charge in [0.15, 0.2) is 17.3 Å². The van der Waals surface area contributed by atoms with Gasteiger partial charge < -0.3 is 9.47 Å². The average Bonchev–Trinajstić information content (AvgIpc) is 2.79. The van der Waals surface area contributed by atoms with E-state index in [0.29, 0.717) is 23.9 Å². The number of ether oxygens (including phenoxy) is 2. The number of benzene rings is 3. The lowest BCUT2D eigenvalue weighted by Gasteiger charge is -2.24. The van der Waals surface area contributed by atoms with E-state index in [-0.39, 0.29) is 0 Å². The highest BCUT2D eigenvalue weighted by Crippen LogP contribution is 2.37. The van der Waals surface area contributed by atoms with Crippen LogP contribution in [0.4, 0.5) is 11.5 Å². The molecule has 6 nitrogen and oxygen atoms in total. The van der Waals surface area contributed by atoms with Gasteiger partial charge in [0.05, 0.1) is 25.4 Å². The molecule has 0 N–H and O–H groups in total. The molecule has 146 valence electrons. The highest BCUT2D eigenvalue weighted by Gasteiger charge is 2.18. The minimum absolute atomic E-state index is 0.397. The zero-order chi connectivity index (χ0) is 20.1. The topological polar surface area (TPSA) is 56.7 Å². The van der Waals surface area contributed by atoms with Crippen LogP contribution < -0.4 is 14.5 Å². The summed E-state index contributed by atoms with van der Waals surface area (Å²) in [6.45, 7) is 0.397. The number of anilines is 2. The van der Waals surface area contributed by atoms with E-state index in [1.165, 1.54) is 6.33 Å². The van der Waals surface area contributed by atoms with Crippen LogP contribution in [0.1, 0.15) is 5.56 Å². The van der Waals surface area contributed by atoms with Crippen LogP contribution in [0, 0.1) is 0 Å². The summed E-state index contributed by atoms with van der Waals surface area (Å²) in [5.74, 6) is 1.84. The van der Waals surface area contributed by atoms with Crippen molar-refractivity contribution in [2.75, 3.05) is 19.3 Å². The minimum Gasteiger partial charge on any atom is -0.493 e. The number of aromatic nitrogens is 2. The first-order chi connectivity index (χ1) is 14.3. The number of nitrogens with zero attached hydrogens (tertiary/aromatic N) is 3. The number of rotatable bonds is 7. The van der Waals surface area contributed by atoms with E-state index in [1.807, 2.05) is 72.8 Å². The van der Waals surface area contributed by atoms with Crippen molar-refractivity contribution >= 4 is 22.4 Å². The van der Waals surface area contributed by atoms with Gasteiger partial charge >= 0.3 is 0 Å². The molecule has 4 rings (SSSR count). The Bertz CT molecular complexity index is 1090. The Morgan fingerprint density at radius 1 is 0.793 bits per heavy atom. The number of fused-ring (bicyclic) bond motifs is 1. The second-order valence-electron chi connectivity index (χ2n) is 6.31. The van der Waals surface area contributed by atoms with Crippen LogP contribution in [-0.4, -0.2) is 24.2 Å². The zero-order valence-electron chi connectivity index (χ0n) is 16.3. The van der Waals surface area contributed by atoms with Crippen molar-refractivity contribution in [3.05, 3.63) is 84.7 Å². The molecule has 0 fully saturated rings. The highest BCUT2D eigenvalue weighted by atomic mass is 16.7. The summed E-state index contributed by atoms with van der Waals surface area (Å²) in [6, 6.07) is 23.5. The average molecular weight is 387 g/mol. The van der Waals surface area contributed by atoms with E-state index < -0.39 is 0 Å². The summed E-state index contributed by atoms with van der Waals surface area (Å²) in [4.78, 5) is 15.1. The van der Waals surface area contributed by atoms with Crippen LogP contribution in [0.2, 0.25) is 0 Å². The molecule has 3 aromatic carbocycles. The molecule has 1 heterocycles. The third kappa shape index (κ3) is 3.97. The van der Waals surface area contributed by atoms with Gasteiger partial charge in [0.1, 0.15) is 12.9 Å². The van der Waals surface area contributed by atoms with Crippen LogP contribution >= 0.6 is 0 Å². The fraction of sp³-hybridized carbons (Fsp3) is 0.130. The van der Waals surface area contributed by atoms with Crippen molar-refractivity contribution in [3.63, 3.8) is 0 Å². The van der Waals surface area contributed by atoms with Crippen LogP contribution in [0.5, 0.6) is 11.5 Å². The van der Waals surface area contributed by atoms with Gasteiger partial charge in [0.2, 0.25) is 0 Å². The summed E-state index contributed by atoms with van der Waals surface area (Å²) >= 11 is 0. The molecule has 0 unspecified atom stereocenters. The summed E-state index contributed by atoms with van der Waals surface area (Å²) in [5.41, 5.74) is 2.65. The van der Waals surface area contributed by atoms with Gasteiger partial charge in [-0.3, -0.25) is 4.84 Å². The molecule has 0 saturated heterocycles. The largest absolute Gasteiger partial charge is 0.493 e. The van der Waals surface area contributed by atoms with E-state index in [2.05, 4.69) is 9.97 Å². The monoisotopic (exact) mass is 387 g/mol. The zero-order valence-corrected chi connectivity index (χ0v) is 16.3. The maximum atomic E-state index is 6.21. The fourth-order valence-corrected chi connectivity index (χ4v) is 3.07. The summed E-state index contributed by atoms with van der Waals surface area (Å²) < 4.78 is 10.9. The molecule has 4 aromatic rings. The maximum absolute atomic E-state index is 6.21. The van der Waals surface area contributed by atoms with Crippen molar-refractivity contribution < 1.29 is 14.3 Å². The van der Waals surface area contributed by atoms with Crippen LogP contribution in [0.3, 0.4) is 0 Å². The smallest absolute Gasteiger partial charge is 0.169 e. The first-order valence-corrected chi connectivity index (χ1v) is 9.19. The van der Waals surface area contributed by atoms with Gasteiger partial charge in [-0.1, -0.05) is 48.5 Å². The molecular weight excluding hydrogens is 366 g/mol. The lowest BCUT2D eigenvalue weighted by Crippen LogP contribution is -2.19. The standard InChI is InChI=1S/C23H21N3O3/c1-27-21-13-19-20(14-22(21)28-2)24-16-25-23(19)26(18-11-7-4-8-12-18)29-15-17-9-5-3-6-10-17/h3-14,16H,15H2,1-2H3. The molecule has 0 aliphatic rings. The molecule has 0 atom stereocenters. The normalized spacial score (nSPS) is 10.7. The number of methoxy groups -OCH3 is 2. The summed E-state index contributed by atoms with van der Waals surface area (Å²) in [6.07, 6.45) is 1.52. The second-order valence-corrected chi connectivity index (χ2v) is 6.31. The van der Waals surface area contributed by atoms with Crippen molar-refractivity contribution in [3.8, 4) is 11.5 Å². The Hall–Kier alpha value is -3.64. The van der Waals surface area contributed by atoms with E-state index in [9.17, 15) is 0 Å². The lowest BCUT2D eigenvalue weighted by atomic mass is 10.2. The molecule has 1 aromatic heterocycles. The summed E-state index contributed by atoms with van der Waals surface area (Å²) in [5, 5.41) is 2.52. The Balaban J connectivity index is 1.80. The van der Waals surface area contributed by atoms with Crippen molar-refractivity contribution in [1.82, 2.24) is 9.97 Å². The Labute approximate surface area is 169 Å². The second kappa shape index (κ2) is 8.58. The quantitative estimate of drug-likeness (QED) is 0.420. The van der Waals surface area contributed by atoms with Gasteiger partial charge in [-0.05, 0) is 23.8 Å². The number of para-hydroxylation sites is 1. The number of hydrogen-bond donors (Lipinski definition) is 0. The Kier molecular flexibility index (Phi) is 5.54. The van der Waals surface area contributed by atoms with E-state index >= 15 is 0 Å². The predicted octanol–water partition coefficient (Wildman–Crippen LogP) is 4.92. The molecule has 0 aliphatic heterocycles. The summed E-state index contributed by atoms with van der Waals surface area (Å²) in [7, 11) is 3.21. The van der Waals surface area contributed by atoms with Crippen molar-refractivity contribution in [2.24, 2.45) is 0 Å². The van der Waals surface area contributed by atoms with Crippen molar-refractivity contribution in [2.45, 2.75) is 6.61 Å². The molecule has 29 heavy (non-hydrogen) atoms. The fourth-order valence-electron chi connectivity index (χ4n) is 3.07. The minimum atomic E-state index is 0.397. The number of hydrogen-bond acceptors (Lipinski definition) is 6. The molecule has 0 saturated carbocycles. The van der Waals surface area contributed by atoms with Crippen LogP contribution in [0.25, 0.3) is 10.9 Å². The SMILES string of the molecule is COc1cc2ncnc(N(OCc3ccccc3)c3ccccc3)c2cc1OC. The molecule has 0 radical (unpaired) electrons. The van der Waals surface area contributed by atoms with Gasteiger partial charge in [-0.25, -0.2) is 15.0 Å². The lowest BCUT2D eigenvalue weighted by molar-refractivity contribution is 0.121. The molecule has 0 aliphatic carbocycles. The first-order valence-electron chi connectivity index (χ1n) is 9.19.